The maximum atomic E-state index is 13.2. The molecule has 0 heterocycles. The van der Waals surface area contributed by atoms with Gasteiger partial charge in [-0.3, -0.25) is 4.79 Å². The van der Waals surface area contributed by atoms with E-state index in [0.29, 0.717) is 17.7 Å². The lowest BCUT2D eigenvalue weighted by Gasteiger charge is -2.07. The summed E-state index contributed by atoms with van der Waals surface area (Å²) in [5, 5.41) is 2.76. The summed E-state index contributed by atoms with van der Waals surface area (Å²) in [5.41, 5.74) is 6.44. The van der Waals surface area contributed by atoms with Gasteiger partial charge in [0.05, 0.1) is 0 Å². The van der Waals surface area contributed by atoms with Crippen LogP contribution < -0.4 is 11.1 Å². The predicted molar refractivity (Wildman–Crippen MR) is 71.7 cm³/mol. The normalized spacial score (nSPS) is 10.4. The summed E-state index contributed by atoms with van der Waals surface area (Å²) in [6.07, 6.45) is 4.78. The van der Waals surface area contributed by atoms with Gasteiger partial charge in [-0.1, -0.05) is 26.2 Å². The molecule has 0 spiro atoms. The van der Waals surface area contributed by atoms with Crippen molar-refractivity contribution in [2.24, 2.45) is 5.73 Å². The Balaban J connectivity index is 2.44. The van der Waals surface area contributed by atoms with Crippen molar-refractivity contribution in [2.45, 2.75) is 45.6 Å². The van der Waals surface area contributed by atoms with Crippen LogP contribution in [0.4, 0.5) is 10.1 Å². The number of carbonyl (C=O) groups is 1. The number of unbranched alkanes of at least 4 members (excludes halogenated alkanes) is 3. The van der Waals surface area contributed by atoms with E-state index in [1.807, 2.05) is 0 Å². The van der Waals surface area contributed by atoms with E-state index in [1.54, 1.807) is 12.1 Å². The first-order valence-corrected chi connectivity index (χ1v) is 6.45. The smallest absolute Gasteiger partial charge is 0.224 e. The molecule has 3 N–H and O–H groups in total. The molecule has 4 heteroatoms. The van der Waals surface area contributed by atoms with Crippen molar-refractivity contribution in [1.29, 1.82) is 0 Å². The van der Waals surface area contributed by atoms with Crippen LogP contribution >= 0.6 is 0 Å². The molecule has 1 aromatic rings. The molecule has 0 aromatic heterocycles. The number of nitrogens with two attached hydrogens (primary N) is 1. The van der Waals surface area contributed by atoms with Crippen molar-refractivity contribution in [2.75, 3.05) is 5.32 Å². The molecule has 0 saturated carbocycles. The molecule has 0 saturated heterocycles. The lowest BCUT2D eigenvalue weighted by atomic mass is 10.1. The van der Waals surface area contributed by atoms with Gasteiger partial charge in [0, 0.05) is 24.2 Å². The Bertz CT molecular complexity index is 393. The summed E-state index contributed by atoms with van der Waals surface area (Å²) in [6, 6.07) is 4.46. The number of rotatable bonds is 7. The predicted octanol–water partition coefficient (Wildman–Crippen LogP) is 3.19. The molecule has 0 aliphatic rings. The first-order chi connectivity index (χ1) is 8.67. The van der Waals surface area contributed by atoms with E-state index in [4.69, 9.17) is 5.73 Å². The first kappa shape index (κ1) is 14.6. The summed E-state index contributed by atoms with van der Waals surface area (Å²) < 4.78 is 13.2. The number of halogens is 1. The van der Waals surface area contributed by atoms with Crippen LogP contribution in [0.5, 0.6) is 0 Å². The van der Waals surface area contributed by atoms with Gasteiger partial charge in [0.25, 0.3) is 0 Å². The lowest BCUT2D eigenvalue weighted by molar-refractivity contribution is -0.116. The van der Waals surface area contributed by atoms with Crippen LogP contribution in [0.2, 0.25) is 0 Å². The minimum atomic E-state index is -0.335. The fourth-order valence-electron chi connectivity index (χ4n) is 1.74. The lowest BCUT2D eigenvalue weighted by Crippen LogP contribution is -2.12. The van der Waals surface area contributed by atoms with E-state index in [1.165, 1.54) is 6.07 Å². The second-order valence-electron chi connectivity index (χ2n) is 4.37. The third kappa shape index (κ3) is 4.84. The number of nitrogens with one attached hydrogen (secondary N) is 1. The minimum Gasteiger partial charge on any atom is -0.326 e. The molecule has 0 fully saturated rings. The van der Waals surface area contributed by atoms with Gasteiger partial charge in [-0.15, -0.1) is 0 Å². The van der Waals surface area contributed by atoms with E-state index in [0.717, 1.165) is 25.7 Å². The molecule has 3 nitrogen and oxygen atoms in total. The van der Waals surface area contributed by atoms with Gasteiger partial charge in [-0.05, 0) is 24.6 Å². The van der Waals surface area contributed by atoms with Gasteiger partial charge in [0.1, 0.15) is 5.82 Å². The Labute approximate surface area is 108 Å². The zero-order chi connectivity index (χ0) is 13.4. The molecular weight excluding hydrogens is 231 g/mol. The van der Waals surface area contributed by atoms with Crippen LogP contribution in [0.15, 0.2) is 18.2 Å². The molecule has 1 aromatic carbocycles. The summed E-state index contributed by atoms with van der Waals surface area (Å²) in [4.78, 5) is 11.6. The topological polar surface area (TPSA) is 55.1 Å². The SMILES string of the molecule is CCCCCCC(=O)Nc1ccc(F)c(CN)c1. The molecule has 1 rings (SSSR count). The number of hydrogen-bond donors (Lipinski definition) is 2. The third-order valence-corrected chi connectivity index (χ3v) is 2.81. The van der Waals surface area contributed by atoms with E-state index < -0.39 is 0 Å². The number of benzene rings is 1. The van der Waals surface area contributed by atoms with E-state index >= 15 is 0 Å². The van der Waals surface area contributed by atoms with Crippen LogP contribution in [0, 0.1) is 5.82 Å². The summed E-state index contributed by atoms with van der Waals surface area (Å²) in [6.45, 7) is 2.26. The Hall–Kier alpha value is -1.42. The number of hydrogen-bond acceptors (Lipinski definition) is 2. The largest absolute Gasteiger partial charge is 0.326 e. The Morgan fingerprint density at radius 2 is 2.11 bits per heavy atom. The molecule has 100 valence electrons. The number of carbonyl (C=O) groups excluding carboxylic acids is 1. The highest BCUT2D eigenvalue weighted by Gasteiger charge is 2.05. The number of anilines is 1. The molecule has 0 aliphatic carbocycles. The second kappa shape index (κ2) is 7.82. The Kier molecular flexibility index (Phi) is 6.36. The van der Waals surface area contributed by atoms with Crippen LogP contribution in [-0.2, 0) is 11.3 Å². The maximum Gasteiger partial charge on any atom is 0.224 e. The highest BCUT2D eigenvalue weighted by Crippen LogP contribution is 2.15. The summed E-state index contributed by atoms with van der Waals surface area (Å²) >= 11 is 0. The van der Waals surface area contributed by atoms with E-state index in [-0.39, 0.29) is 18.3 Å². The van der Waals surface area contributed by atoms with Gasteiger partial charge in [-0.2, -0.15) is 0 Å². The molecular formula is C14H21FN2O. The monoisotopic (exact) mass is 252 g/mol. The Morgan fingerprint density at radius 3 is 2.78 bits per heavy atom. The van der Waals surface area contributed by atoms with Gasteiger partial charge in [-0.25, -0.2) is 4.39 Å². The highest BCUT2D eigenvalue weighted by atomic mass is 19.1. The fraction of sp³-hybridized carbons (Fsp3) is 0.500. The van der Waals surface area contributed by atoms with Gasteiger partial charge in [0.2, 0.25) is 5.91 Å². The third-order valence-electron chi connectivity index (χ3n) is 2.81. The van der Waals surface area contributed by atoms with Crippen LogP contribution in [0.1, 0.15) is 44.6 Å². The van der Waals surface area contributed by atoms with Crippen LogP contribution in [-0.4, -0.2) is 5.91 Å². The summed E-state index contributed by atoms with van der Waals surface area (Å²) in [7, 11) is 0. The van der Waals surface area contributed by atoms with Crippen LogP contribution in [0.3, 0.4) is 0 Å². The maximum absolute atomic E-state index is 13.2. The van der Waals surface area contributed by atoms with Crippen molar-refractivity contribution >= 4 is 11.6 Å². The molecule has 0 bridgehead atoms. The van der Waals surface area contributed by atoms with Crippen molar-refractivity contribution < 1.29 is 9.18 Å². The average Bonchev–Trinajstić information content (AvgIpc) is 2.37. The van der Waals surface area contributed by atoms with E-state index in [9.17, 15) is 9.18 Å². The molecule has 1 amide bonds. The van der Waals surface area contributed by atoms with Crippen molar-refractivity contribution in [3.8, 4) is 0 Å². The highest BCUT2D eigenvalue weighted by molar-refractivity contribution is 5.90. The minimum absolute atomic E-state index is 0.0271. The van der Waals surface area contributed by atoms with E-state index in [2.05, 4.69) is 12.2 Å². The molecule has 0 unspecified atom stereocenters. The van der Waals surface area contributed by atoms with Crippen molar-refractivity contribution in [3.05, 3.63) is 29.6 Å². The standard InChI is InChI=1S/C14H21FN2O/c1-2-3-4-5-6-14(18)17-12-7-8-13(15)11(9-12)10-16/h7-9H,2-6,10,16H2,1H3,(H,17,18). The number of amides is 1. The zero-order valence-electron chi connectivity index (χ0n) is 10.8. The fourth-order valence-corrected chi connectivity index (χ4v) is 1.74. The van der Waals surface area contributed by atoms with Gasteiger partial charge < -0.3 is 11.1 Å². The quantitative estimate of drug-likeness (QED) is 0.732. The molecule has 0 atom stereocenters. The molecule has 0 radical (unpaired) electrons. The van der Waals surface area contributed by atoms with Gasteiger partial charge >= 0.3 is 0 Å². The zero-order valence-corrected chi connectivity index (χ0v) is 10.8. The van der Waals surface area contributed by atoms with Gasteiger partial charge in [0.15, 0.2) is 0 Å². The van der Waals surface area contributed by atoms with Crippen molar-refractivity contribution in [3.63, 3.8) is 0 Å². The molecule has 18 heavy (non-hydrogen) atoms. The molecule has 0 aliphatic heterocycles. The Morgan fingerprint density at radius 1 is 1.33 bits per heavy atom. The van der Waals surface area contributed by atoms with Crippen molar-refractivity contribution in [1.82, 2.24) is 0 Å². The van der Waals surface area contributed by atoms with Crippen LogP contribution in [0.25, 0.3) is 0 Å². The average molecular weight is 252 g/mol. The second-order valence-corrected chi connectivity index (χ2v) is 4.37. The summed E-state index contributed by atoms with van der Waals surface area (Å²) in [5.74, 6) is -0.362. The first-order valence-electron chi connectivity index (χ1n) is 6.45.